The van der Waals surface area contributed by atoms with Gasteiger partial charge in [-0.05, 0) is 35.8 Å². The van der Waals surface area contributed by atoms with E-state index in [0.717, 1.165) is 15.8 Å². The summed E-state index contributed by atoms with van der Waals surface area (Å²) in [5, 5.41) is 0. The van der Waals surface area contributed by atoms with Crippen LogP contribution in [0, 0.1) is 6.92 Å². The van der Waals surface area contributed by atoms with Crippen molar-refractivity contribution in [2.45, 2.75) is 13.8 Å². The second-order valence-electron chi connectivity index (χ2n) is 3.41. The molecule has 0 saturated carbocycles. The predicted octanol–water partition coefficient (Wildman–Crippen LogP) is 2.58. The van der Waals surface area contributed by atoms with Gasteiger partial charge in [-0.3, -0.25) is 0 Å². The molecule has 2 aromatic heterocycles. The number of nitrogens with zero attached hydrogens (tertiary/aromatic N) is 2. The Morgan fingerprint density at radius 1 is 1.56 bits per heavy atom. The maximum Gasteiger partial charge on any atom is 0.339 e. The highest BCUT2D eigenvalue weighted by atomic mass is 79.9. The van der Waals surface area contributed by atoms with E-state index in [2.05, 4.69) is 20.9 Å². The lowest BCUT2D eigenvalue weighted by Crippen LogP contribution is -2.06. The molecule has 0 unspecified atom stereocenters. The number of imidazole rings is 1. The van der Waals surface area contributed by atoms with Crippen molar-refractivity contribution in [3.63, 3.8) is 0 Å². The number of aromatic nitrogens is 2. The Hall–Kier alpha value is -1.36. The van der Waals surface area contributed by atoms with Crippen LogP contribution >= 0.6 is 15.9 Å². The van der Waals surface area contributed by atoms with Gasteiger partial charge in [0, 0.05) is 12.4 Å². The van der Waals surface area contributed by atoms with Crippen molar-refractivity contribution in [2.75, 3.05) is 6.61 Å². The molecule has 0 spiro atoms. The molecule has 5 heteroatoms. The van der Waals surface area contributed by atoms with Crippen molar-refractivity contribution >= 4 is 27.5 Å². The molecule has 0 aliphatic heterocycles. The standard InChI is InChI=1S/C11H11BrN2O2/c1-3-16-11(15)8-4-9(12)10-13-7(2)5-14(10)6-8/h4-6H,3H2,1-2H3. The molecule has 0 radical (unpaired) electrons. The van der Waals surface area contributed by atoms with Crippen LogP contribution in [0.15, 0.2) is 22.9 Å². The molecule has 0 atom stereocenters. The van der Waals surface area contributed by atoms with E-state index < -0.39 is 0 Å². The Balaban J connectivity index is 2.53. The number of ether oxygens (including phenoxy) is 1. The van der Waals surface area contributed by atoms with Crippen LogP contribution in [0.4, 0.5) is 0 Å². The van der Waals surface area contributed by atoms with E-state index in [1.165, 1.54) is 0 Å². The minimum atomic E-state index is -0.323. The fourth-order valence-electron chi connectivity index (χ4n) is 1.51. The highest BCUT2D eigenvalue weighted by Gasteiger charge is 2.11. The van der Waals surface area contributed by atoms with Gasteiger partial charge in [0.2, 0.25) is 0 Å². The van der Waals surface area contributed by atoms with Crippen molar-refractivity contribution in [2.24, 2.45) is 0 Å². The molecule has 0 bridgehead atoms. The van der Waals surface area contributed by atoms with Crippen molar-refractivity contribution in [1.82, 2.24) is 9.38 Å². The number of esters is 1. The molecule has 2 rings (SSSR count). The molecule has 0 fully saturated rings. The molecule has 2 aromatic rings. The topological polar surface area (TPSA) is 43.6 Å². The smallest absolute Gasteiger partial charge is 0.339 e. The van der Waals surface area contributed by atoms with Gasteiger partial charge >= 0.3 is 5.97 Å². The van der Waals surface area contributed by atoms with Gasteiger partial charge in [-0.2, -0.15) is 0 Å². The summed E-state index contributed by atoms with van der Waals surface area (Å²) < 4.78 is 7.54. The second-order valence-corrected chi connectivity index (χ2v) is 4.26. The molecule has 0 aliphatic rings. The number of pyridine rings is 1. The normalized spacial score (nSPS) is 10.7. The summed E-state index contributed by atoms with van der Waals surface area (Å²) in [5.41, 5.74) is 2.21. The summed E-state index contributed by atoms with van der Waals surface area (Å²) in [5.74, 6) is -0.323. The highest BCUT2D eigenvalue weighted by Crippen LogP contribution is 2.20. The number of fused-ring (bicyclic) bond motifs is 1. The predicted molar refractivity (Wildman–Crippen MR) is 63.6 cm³/mol. The second kappa shape index (κ2) is 4.25. The lowest BCUT2D eigenvalue weighted by molar-refractivity contribution is 0.0525. The van der Waals surface area contributed by atoms with E-state index in [0.29, 0.717) is 12.2 Å². The van der Waals surface area contributed by atoms with Gasteiger partial charge < -0.3 is 9.14 Å². The SMILES string of the molecule is CCOC(=O)c1cc(Br)c2nc(C)cn2c1. The summed E-state index contributed by atoms with van der Waals surface area (Å²) in [7, 11) is 0. The van der Waals surface area contributed by atoms with Crippen LogP contribution in [-0.2, 0) is 4.74 Å². The maximum absolute atomic E-state index is 11.6. The molecular formula is C11H11BrN2O2. The molecule has 2 heterocycles. The molecule has 4 nitrogen and oxygen atoms in total. The number of carbonyl (C=O) groups is 1. The number of carbonyl (C=O) groups excluding carboxylic acids is 1. The third-order valence-corrected chi connectivity index (χ3v) is 2.72. The largest absolute Gasteiger partial charge is 0.462 e. The van der Waals surface area contributed by atoms with Gasteiger partial charge in [-0.1, -0.05) is 0 Å². The summed E-state index contributed by atoms with van der Waals surface area (Å²) in [6, 6.07) is 1.72. The molecule has 16 heavy (non-hydrogen) atoms. The fourth-order valence-corrected chi connectivity index (χ4v) is 2.05. The summed E-state index contributed by atoms with van der Waals surface area (Å²) in [6.45, 7) is 4.06. The zero-order chi connectivity index (χ0) is 11.7. The van der Waals surface area contributed by atoms with Crippen molar-refractivity contribution in [3.05, 3.63) is 34.2 Å². The number of rotatable bonds is 2. The van der Waals surface area contributed by atoms with E-state index in [1.54, 1.807) is 19.2 Å². The lowest BCUT2D eigenvalue weighted by atomic mass is 10.3. The summed E-state index contributed by atoms with van der Waals surface area (Å²) in [4.78, 5) is 15.9. The van der Waals surface area contributed by atoms with E-state index in [4.69, 9.17) is 4.74 Å². The van der Waals surface area contributed by atoms with E-state index in [1.807, 2.05) is 17.5 Å². The first-order valence-electron chi connectivity index (χ1n) is 4.93. The van der Waals surface area contributed by atoms with Gasteiger partial charge in [0.15, 0.2) is 5.65 Å². The van der Waals surface area contributed by atoms with E-state index in [9.17, 15) is 4.79 Å². The summed E-state index contributed by atoms with van der Waals surface area (Å²) in [6.07, 6.45) is 3.58. The average Bonchev–Trinajstić information content (AvgIpc) is 2.59. The first-order chi connectivity index (χ1) is 7.61. The van der Waals surface area contributed by atoms with Crippen LogP contribution in [0.2, 0.25) is 0 Å². The zero-order valence-corrected chi connectivity index (χ0v) is 10.6. The Kier molecular flexibility index (Phi) is 2.96. The minimum Gasteiger partial charge on any atom is -0.462 e. The third kappa shape index (κ3) is 1.95. The molecule has 0 aromatic carbocycles. The van der Waals surface area contributed by atoms with Gasteiger partial charge in [-0.15, -0.1) is 0 Å². The number of halogens is 1. The van der Waals surface area contributed by atoms with E-state index >= 15 is 0 Å². The third-order valence-electron chi connectivity index (χ3n) is 2.14. The Morgan fingerprint density at radius 3 is 3.00 bits per heavy atom. The van der Waals surface area contributed by atoms with Crippen LogP contribution in [-0.4, -0.2) is 22.0 Å². The molecule has 0 aliphatic carbocycles. The Bertz CT molecular complexity index is 548. The number of hydrogen-bond donors (Lipinski definition) is 0. The Morgan fingerprint density at radius 2 is 2.31 bits per heavy atom. The van der Waals surface area contributed by atoms with Crippen LogP contribution < -0.4 is 0 Å². The van der Waals surface area contributed by atoms with Crippen molar-refractivity contribution < 1.29 is 9.53 Å². The minimum absolute atomic E-state index is 0.323. The Labute approximate surface area is 101 Å². The molecular weight excluding hydrogens is 272 g/mol. The molecule has 0 saturated heterocycles. The quantitative estimate of drug-likeness (QED) is 0.796. The lowest BCUT2D eigenvalue weighted by Gasteiger charge is -2.03. The fraction of sp³-hybridized carbons (Fsp3) is 0.273. The summed E-state index contributed by atoms with van der Waals surface area (Å²) >= 11 is 3.39. The number of aryl methyl sites for hydroxylation is 1. The molecule has 0 amide bonds. The first kappa shape index (κ1) is 11.1. The highest BCUT2D eigenvalue weighted by molar-refractivity contribution is 9.10. The average molecular weight is 283 g/mol. The first-order valence-corrected chi connectivity index (χ1v) is 5.73. The zero-order valence-electron chi connectivity index (χ0n) is 9.03. The maximum atomic E-state index is 11.6. The van der Waals surface area contributed by atoms with E-state index in [-0.39, 0.29) is 5.97 Å². The van der Waals surface area contributed by atoms with Crippen LogP contribution in [0.1, 0.15) is 23.0 Å². The van der Waals surface area contributed by atoms with Gasteiger partial charge in [-0.25, -0.2) is 9.78 Å². The monoisotopic (exact) mass is 282 g/mol. The van der Waals surface area contributed by atoms with Crippen LogP contribution in [0.3, 0.4) is 0 Å². The van der Waals surface area contributed by atoms with Gasteiger partial charge in [0.25, 0.3) is 0 Å². The number of hydrogen-bond acceptors (Lipinski definition) is 3. The molecule has 0 N–H and O–H groups in total. The van der Waals surface area contributed by atoms with Crippen molar-refractivity contribution in [1.29, 1.82) is 0 Å². The van der Waals surface area contributed by atoms with Crippen molar-refractivity contribution in [3.8, 4) is 0 Å². The molecule has 84 valence electrons. The van der Waals surface area contributed by atoms with Crippen LogP contribution in [0.5, 0.6) is 0 Å². The van der Waals surface area contributed by atoms with Crippen LogP contribution in [0.25, 0.3) is 5.65 Å². The van der Waals surface area contributed by atoms with Gasteiger partial charge in [0.05, 0.1) is 22.3 Å². The van der Waals surface area contributed by atoms with Gasteiger partial charge in [0.1, 0.15) is 0 Å².